The number of unbranched alkanes of at least 4 members (excludes halogenated alkanes) is 9. The Labute approximate surface area is 280 Å². The minimum atomic E-state index is -4.35. The molecule has 3 unspecified atom stereocenters. The quantitative estimate of drug-likeness (QED) is 0.0331. The molecular weight excluding hydrogens is 599 g/mol. The molecule has 3 atom stereocenters. The fourth-order valence-electron chi connectivity index (χ4n) is 4.37. The number of nitrogens with one attached hydrogen (secondary N) is 1. The van der Waals surface area contributed by atoms with Gasteiger partial charge in [0.15, 0.2) is 0 Å². The molecule has 46 heavy (non-hydrogen) atoms. The van der Waals surface area contributed by atoms with Crippen LogP contribution in [0.25, 0.3) is 0 Å². The van der Waals surface area contributed by atoms with Crippen molar-refractivity contribution >= 4 is 13.7 Å². The van der Waals surface area contributed by atoms with E-state index in [0.29, 0.717) is 6.42 Å². The van der Waals surface area contributed by atoms with E-state index in [4.69, 9.17) is 14.8 Å². The van der Waals surface area contributed by atoms with Gasteiger partial charge in [-0.15, -0.1) is 0 Å². The average molecular weight is 665 g/mol. The van der Waals surface area contributed by atoms with Crippen LogP contribution >= 0.6 is 7.82 Å². The van der Waals surface area contributed by atoms with Gasteiger partial charge in [0.2, 0.25) is 5.91 Å². The van der Waals surface area contributed by atoms with Crippen molar-refractivity contribution in [2.75, 3.05) is 19.8 Å². The Morgan fingerprint density at radius 3 is 1.93 bits per heavy atom. The van der Waals surface area contributed by atoms with Crippen LogP contribution in [0.5, 0.6) is 0 Å². The molecule has 0 aliphatic heterocycles. The highest BCUT2D eigenvalue weighted by Gasteiger charge is 2.26. The maximum atomic E-state index is 12.6. The molecule has 0 bridgehead atoms. The first-order valence-corrected chi connectivity index (χ1v) is 19.1. The van der Waals surface area contributed by atoms with Crippen LogP contribution in [0.15, 0.2) is 72.9 Å². The molecule has 0 fully saturated rings. The molecule has 0 spiro atoms. The minimum Gasteiger partial charge on any atom is -0.387 e. The highest BCUT2D eigenvalue weighted by Crippen LogP contribution is 2.43. The lowest BCUT2D eigenvalue weighted by atomic mass is 10.1. The molecule has 264 valence electrons. The number of aliphatic hydroxyl groups is 1. The summed E-state index contributed by atoms with van der Waals surface area (Å²) in [4.78, 5) is 22.5. The summed E-state index contributed by atoms with van der Waals surface area (Å²) < 4.78 is 21.9. The number of carbonyl (C=O) groups excluding carboxylic acids is 1. The molecule has 0 saturated carbocycles. The first-order chi connectivity index (χ1) is 22.4. The van der Waals surface area contributed by atoms with Gasteiger partial charge in [0.1, 0.15) is 0 Å². The van der Waals surface area contributed by atoms with Crippen molar-refractivity contribution in [1.82, 2.24) is 5.32 Å². The summed E-state index contributed by atoms with van der Waals surface area (Å²) in [5.74, 6) is -0.250. The van der Waals surface area contributed by atoms with E-state index in [2.05, 4.69) is 79.9 Å². The summed E-state index contributed by atoms with van der Waals surface area (Å²) in [6, 6.07) is -0.900. The smallest absolute Gasteiger partial charge is 0.387 e. The van der Waals surface area contributed by atoms with Crippen molar-refractivity contribution in [3.8, 4) is 0 Å². The molecule has 0 saturated heterocycles. The Kier molecular flexibility index (Phi) is 31.4. The van der Waals surface area contributed by atoms with E-state index < -0.39 is 20.0 Å². The first kappa shape index (κ1) is 43.9. The van der Waals surface area contributed by atoms with Crippen molar-refractivity contribution in [1.29, 1.82) is 0 Å². The van der Waals surface area contributed by atoms with Gasteiger partial charge < -0.3 is 21.1 Å². The van der Waals surface area contributed by atoms with Gasteiger partial charge in [0.05, 0.1) is 25.4 Å². The molecule has 0 aromatic heterocycles. The van der Waals surface area contributed by atoms with Crippen molar-refractivity contribution in [2.45, 2.75) is 135 Å². The van der Waals surface area contributed by atoms with Gasteiger partial charge in [0.25, 0.3) is 0 Å². The van der Waals surface area contributed by atoms with Crippen LogP contribution < -0.4 is 11.1 Å². The molecule has 0 aromatic rings. The highest BCUT2D eigenvalue weighted by molar-refractivity contribution is 7.47. The maximum Gasteiger partial charge on any atom is 0.472 e. The van der Waals surface area contributed by atoms with E-state index in [1.807, 2.05) is 6.08 Å². The zero-order chi connectivity index (χ0) is 34.0. The third-order valence-electron chi connectivity index (χ3n) is 7.02. The molecular formula is C37H65N2O6P. The van der Waals surface area contributed by atoms with E-state index in [1.54, 1.807) is 6.08 Å². The third-order valence-corrected chi connectivity index (χ3v) is 8.00. The van der Waals surface area contributed by atoms with E-state index >= 15 is 0 Å². The standard InChI is InChI=1S/C37H65N2O6P/c1-3-5-7-9-11-13-15-17-18-19-21-23-25-27-29-31-37(41)39-35(34-45-46(42,43)44-33-32-38)36(40)30-28-26-24-22-20-16-14-12-10-8-6-4-2/h5,7,11,13,17-18,20-23,28,30,35-36,40H,3-4,6,8-10,12,14-16,19,24-27,29,31-34,38H2,1-2H3,(H,39,41)(H,42,43)/b7-5-,13-11-,18-17-,22-20+,23-21-,30-28+. The maximum absolute atomic E-state index is 12.6. The normalized spacial score (nSPS) is 15.3. The number of carbonyl (C=O) groups is 1. The molecule has 8 nitrogen and oxygen atoms in total. The van der Waals surface area contributed by atoms with E-state index in [9.17, 15) is 19.4 Å². The van der Waals surface area contributed by atoms with Crippen LogP contribution in [-0.4, -0.2) is 47.8 Å². The summed E-state index contributed by atoms with van der Waals surface area (Å²) >= 11 is 0. The minimum absolute atomic E-state index is 0.0632. The van der Waals surface area contributed by atoms with Gasteiger partial charge >= 0.3 is 7.82 Å². The largest absolute Gasteiger partial charge is 0.472 e. The van der Waals surface area contributed by atoms with Crippen LogP contribution in [0.3, 0.4) is 0 Å². The number of aliphatic hydroxyl groups excluding tert-OH is 1. The SMILES string of the molecule is CC/C=C\C/C=C\C/C=C\C/C=C\CCCCC(=O)NC(COP(=O)(O)OCCN)C(O)/C=C/CC/C=C/CCCCCCCC. The molecule has 9 heteroatoms. The van der Waals surface area contributed by atoms with Gasteiger partial charge in [-0.25, -0.2) is 4.57 Å². The van der Waals surface area contributed by atoms with E-state index in [-0.39, 0.29) is 32.1 Å². The fraction of sp³-hybridized carbons (Fsp3) is 0.649. The lowest BCUT2D eigenvalue weighted by Crippen LogP contribution is -2.45. The number of phosphoric ester groups is 1. The molecule has 5 N–H and O–H groups in total. The zero-order valence-electron chi connectivity index (χ0n) is 28.8. The van der Waals surface area contributed by atoms with Crippen molar-refractivity contribution in [3.63, 3.8) is 0 Å². The van der Waals surface area contributed by atoms with E-state index in [1.165, 1.54) is 38.5 Å². The summed E-state index contributed by atoms with van der Waals surface area (Å²) in [6.45, 7) is 3.90. The van der Waals surface area contributed by atoms with Crippen LogP contribution in [0.2, 0.25) is 0 Å². The van der Waals surface area contributed by atoms with Crippen LogP contribution in [0.4, 0.5) is 0 Å². The second kappa shape index (κ2) is 32.9. The Morgan fingerprint density at radius 1 is 0.739 bits per heavy atom. The summed E-state index contributed by atoms with van der Waals surface area (Å²) in [6.07, 6.45) is 41.0. The highest BCUT2D eigenvalue weighted by atomic mass is 31.2. The van der Waals surface area contributed by atoms with Crippen LogP contribution in [0.1, 0.15) is 123 Å². The molecule has 0 aromatic carbocycles. The van der Waals surface area contributed by atoms with E-state index in [0.717, 1.165) is 57.8 Å². The van der Waals surface area contributed by atoms with Gasteiger partial charge in [-0.1, -0.05) is 119 Å². The number of hydrogen-bond donors (Lipinski definition) is 4. The predicted octanol–water partition coefficient (Wildman–Crippen LogP) is 8.93. The summed E-state index contributed by atoms with van der Waals surface area (Å²) in [5.41, 5.74) is 5.34. The second-order valence-electron chi connectivity index (χ2n) is 11.3. The van der Waals surface area contributed by atoms with Gasteiger partial charge in [0, 0.05) is 13.0 Å². The number of amides is 1. The molecule has 0 aliphatic rings. The monoisotopic (exact) mass is 664 g/mol. The van der Waals surface area contributed by atoms with Gasteiger partial charge in [-0.3, -0.25) is 13.8 Å². The summed E-state index contributed by atoms with van der Waals surface area (Å²) in [5, 5.41) is 13.5. The lowest BCUT2D eigenvalue weighted by Gasteiger charge is -2.23. The number of hydrogen-bond acceptors (Lipinski definition) is 6. The number of allylic oxidation sites excluding steroid dienone is 11. The first-order valence-electron chi connectivity index (χ1n) is 17.6. The number of nitrogens with two attached hydrogens (primary N) is 1. The Morgan fingerprint density at radius 2 is 1.28 bits per heavy atom. The average Bonchev–Trinajstić information content (AvgIpc) is 3.04. The number of rotatable bonds is 31. The van der Waals surface area contributed by atoms with Crippen molar-refractivity contribution < 1.29 is 28.4 Å². The Hall–Kier alpha value is -2.06. The van der Waals surface area contributed by atoms with Crippen LogP contribution in [0, 0.1) is 0 Å². The molecule has 0 radical (unpaired) electrons. The second-order valence-corrected chi connectivity index (χ2v) is 12.8. The van der Waals surface area contributed by atoms with Gasteiger partial charge in [-0.05, 0) is 70.6 Å². The Balaban J connectivity index is 4.52. The number of phosphoric acid groups is 1. The Bertz CT molecular complexity index is 944. The predicted molar refractivity (Wildman–Crippen MR) is 193 cm³/mol. The zero-order valence-corrected chi connectivity index (χ0v) is 29.7. The molecule has 1 amide bonds. The molecule has 0 rings (SSSR count). The van der Waals surface area contributed by atoms with Gasteiger partial charge in [-0.2, -0.15) is 0 Å². The van der Waals surface area contributed by atoms with Crippen molar-refractivity contribution in [2.24, 2.45) is 5.73 Å². The molecule has 0 heterocycles. The van der Waals surface area contributed by atoms with Crippen LogP contribution in [-0.2, 0) is 18.4 Å². The fourth-order valence-corrected chi connectivity index (χ4v) is 5.13. The summed E-state index contributed by atoms with van der Waals surface area (Å²) in [7, 11) is -4.35. The third kappa shape index (κ3) is 30.6. The lowest BCUT2D eigenvalue weighted by molar-refractivity contribution is -0.123. The molecule has 0 aliphatic carbocycles. The van der Waals surface area contributed by atoms with Crippen molar-refractivity contribution in [3.05, 3.63) is 72.9 Å². The topological polar surface area (TPSA) is 131 Å².